The lowest BCUT2D eigenvalue weighted by molar-refractivity contribution is 0.292. The van der Waals surface area contributed by atoms with E-state index in [1.54, 1.807) is 6.92 Å². The van der Waals surface area contributed by atoms with Gasteiger partial charge in [0.2, 0.25) is 0 Å². The third-order valence-corrected chi connectivity index (χ3v) is 5.13. The predicted molar refractivity (Wildman–Crippen MR) is 71.6 cm³/mol. The first-order valence-electron chi connectivity index (χ1n) is 7.26. The number of fused-ring (bicyclic) bond motifs is 2. The first-order valence-corrected chi connectivity index (χ1v) is 7.26. The highest BCUT2D eigenvalue weighted by Crippen LogP contribution is 2.50. The van der Waals surface area contributed by atoms with E-state index in [0.29, 0.717) is 11.5 Å². The zero-order valence-corrected chi connectivity index (χ0v) is 11.3. The Bertz CT molecular complexity index is 486. The standard InChI is InChI=1S/C16H21F2N/c1-9-2-5-13(17)15(16(9)18)14(19)8-12-7-10-3-4-11(12)6-10/h2,5,10-12,14H,3-4,6-8,19H2,1H3. The van der Waals surface area contributed by atoms with E-state index < -0.39 is 17.7 Å². The van der Waals surface area contributed by atoms with Gasteiger partial charge in [0, 0.05) is 11.6 Å². The second-order valence-electron chi connectivity index (χ2n) is 6.37. The van der Waals surface area contributed by atoms with Crippen molar-refractivity contribution in [1.82, 2.24) is 0 Å². The average Bonchev–Trinajstić information content (AvgIpc) is 2.96. The third kappa shape index (κ3) is 2.29. The van der Waals surface area contributed by atoms with Gasteiger partial charge in [-0.2, -0.15) is 0 Å². The Morgan fingerprint density at radius 2 is 2.05 bits per heavy atom. The molecule has 4 atom stereocenters. The minimum atomic E-state index is -0.510. The van der Waals surface area contributed by atoms with E-state index in [1.165, 1.54) is 37.8 Å². The quantitative estimate of drug-likeness (QED) is 0.875. The number of aryl methyl sites for hydroxylation is 1. The van der Waals surface area contributed by atoms with Crippen molar-refractivity contribution in [3.63, 3.8) is 0 Å². The molecule has 0 aromatic heterocycles. The number of halogens is 2. The van der Waals surface area contributed by atoms with Crippen LogP contribution < -0.4 is 5.73 Å². The highest BCUT2D eigenvalue weighted by molar-refractivity contribution is 5.29. The molecule has 1 aromatic carbocycles. The summed E-state index contributed by atoms with van der Waals surface area (Å²) in [6.45, 7) is 1.66. The van der Waals surface area contributed by atoms with E-state index in [0.717, 1.165) is 18.3 Å². The van der Waals surface area contributed by atoms with E-state index in [9.17, 15) is 8.78 Å². The van der Waals surface area contributed by atoms with Crippen LogP contribution in [-0.2, 0) is 0 Å². The summed E-state index contributed by atoms with van der Waals surface area (Å²) in [6.07, 6.45) is 5.84. The van der Waals surface area contributed by atoms with Gasteiger partial charge in [-0.25, -0.2) is 8.78 Å². The van der Waals surface area contributed by atoms with Crippen molar-refractivity contribution in [2.24, 2.45) is 23.5 Å². The molecule has 2 aliphatic carbocycles. The Labute approximate surface area is 113 Å². The first-order chi connectivity index (χ1) is 9.06. The highest BCUT2D eigenvalue weighted by atomic mass is 19.1. The normalized spacial score (nSPS) is 30.8. The zero-order chi connectivity index (χ0) is 13.6. The second kappa shape index (κ2) is 4.86. The maximum Gasteiger partial charge on any atom is 0.133 e. The van der Waals surface area contributed by atoms with Crippen molar-refractivity contribution < 1.29 is 8.78 Å². The van der Waals surface area contributed by atoms with Gasteiger partial charge in [-0.15, -0.1) is 0 Å². The predicted octanol–water partition coefficient (Wildman–Crippen LogP) is 4.10. The van der Waals surface area contributed by atoms with Crippen LogP contribution >= 0.6 is 0 Å². The summed E-state index contributed by atoms with van der Waals surface area (Å²) in [7, 11) is 0. The molecule has 0 amide bonds. The van der Waals surface area contributed by atoms with Gasteiger partial charge in [-0.3, -0.25) is 0 Å². The molecule has 0 saturated heterocycles. The molecule has 2 aliphatic rings. The molecule has 3 rings (SSSR count). The van der Waals surface area contributed by atoms with Gasteiger partial charge in [-0.05, 0) is 62.0 Å². The van der Waals surface area contributed by atoms with Gasteiger partial charge >= 0.3 is 0 Å². The maximum atomic E-state index is 14.1. The molecule has 2 fully saturated rings. The topological polar surface area (TPSA) is 26.0 Å². The Kier molecular flexibility index (Phi) is 3.34. The zero-order valence-electron chi connectivity index (χ0n) is 11.3. The van der Waals surface area contributed by atoms with Crippen LogP contribution in [0.15, 0.2) is 12.1 Å². The van der Waals surface area contributed by atoms with Crippen molar-refractivity contribution in [2.75, 3.05) is 0 Å². The van der Waals surface area contributed by atoms with Crippen LogP contribution in [0.3, 0.4) is 0 Å². The molecular weight excluding hydrogens is 244 g/mol. The molecular formula is C16H21F2N. The molecule has 0 radical (unpaired) electrons. The molecule has 1 nitrogen and oxygen atoms in total. The summed E-state index contributed by atoms with van der Waals surface area (Å²) in [6, 6.07) is 2.29. The summed E-state index contributed by atoms with van der Waals surface area (Å²) in [4.78, 5) is 0. The van der Waals surface area contributed by atoms with Crippen LogP contribution in [0.25, 0.3) is 0 Å². The Morgan fingerprint density at radius 1 is 1.26 bits per heavy atom. The van der Waals surface area contributed by atoms with E-state index in [-0.39, 0.29) is 5.56 Å². The molecule has 19 heavy (non-hydrogen) atoms. The van der Waals surface area contributed by atoms with Gasteiger partial charge < -0.3 is 5.73 Å². The molecule has 4 unspecified atom stereocenters. The van der Waals surface area contributed by atoms with Crippen LogP contribution in [0, 0.1) is 36.3 Å². The van der Waals surface area contributed by atoms with Gasteiger partial charge in [0.25, 0.3) is 0 Å². The van der Waals surface area contributed by atoms with Crippen molar-refractivity contribution in [3.8, 4) is 0 Å². The SMILES string of the molecule is Cc1ccc(F)c(C(N)CC2CC3CCC2C3)c1F. The molecule has 2 bridgehead atoms. The Morgan fingerprint density at radius 3 is 2.68 bits per heavy atom. The van der Waals surface area contributed by atoms with Gasteiger partial charge in [0.15, 0.2) is 0 Å². The van der Waals surface area contributed by atoms with Crippen molar-refractivity contribution >= 4 is 0 Å². The van der Waals surface area contributed by atoms with E-state index >= 15 is 0 Å². The summed E-state index contributed by atoms with van der Waals surface area (Å²) >= 11 is 0. The number of hydrogen-bond acceptors (Lipinski definition) is 1. The van der Waals surface area contributed by atoms with E-state index in [2.05, 4.69) is 0 Å². The second-order valence-corrected chi connectivity index (χ2v) is 6.37. The minimum absolute atomic E-state index is 0.0859. The summed E-state index contributed by atoms with van der Waals surface area (Å²) in [5, 5.41) is 0. The van der Waals surface area contributed by atoms with Crippen LogP contribution in [0.2, 0.25) is 0 Å². The summed E-state index contributed by atoms with van der Waals surface area (Å²) < 4.78 is 27.9. The fraction of sp³-hybridized carbons (Fsp3) is 0.625. The van der Waals surface area contributed by atoms with Crippen LogP contribution in [0.1, 0.15) is 49.3 Å². The van der Waals surface area contributed by atoms with Crippen LogP contribution in [0.5, 0.6) is 0 Å². The van der Waals surface area contributed by atoms with E-state index in [4.69, 9.17) is 5.73 Å². The van der Waals surface area contributed by atoms with Gasteiger partial charge in [0.1, 0.15) is 11.6 Å². The lowest BCUT2D eigenvalue weighted by Gasteiger charge is -2.25. The maximum absolute atomic E-state index is 14.1. The molecule has 2 saturated carbocycles. The monoisotopic (exact) mass is 265 g/mol. The third-order valence-electron chi connectivity index (χ3n) is 5.13. The number of nitrogens with two attached hydrogens (primary N) is 1. The fourth-order valence-electron chi connectivity index (χ4n) is 4.13. The lowest BCUT2D eigenvalue weighted by Crippen LogP contribution is -2.21. The average molecular weight is 265 g/mol. The first kappa shape index (κ1) is 13.0. The number of benzene rings is 1. The highest BCUT2D eigenvalue weighted by Gasteiger charge is 2.40. The molecule has 0 spiro atoms. The van der Waals surface area contributed by atoms with Gasteiger partial charge in [0.05, 0.1) is 0 Å². The molecule has 0 aliphatic heterocycles. The Balaban J connectivity index is 1.77. The minimum Gasteiger partial charge on any atom is -0.324 e. The van der Waals surface area contributed by atoms with Crippen molar-refractivity contribution in [1.29, 1.82) is 0 Å². The Hall–Kier alpha value is -0.960. The lowest BCUT2D eigenvalue weighted by atomic mass is 9.82. The van der Waals surface area contributed by atoms with Crippen molar-refractivity contribution in [2.45, 2.75) is 45.1 Å². The molecule has 104 valence electrons. The summed E-state index contributed by atoms with van der Waals surface area (Å²) in [5.74, 6) is 1.18. The fourth-order valence-corrected chi connectivity index (χ4v) is 4.13. The van der Waals surface area contributed by atoms with Gasteiger partial charge in [-0.1, -0.05) is 12.5 Å². The molecule has 0 heterocycles. The smallest absolute Gasteiger partial charge is 0.133 e. The number of rotatable bonds is 3. The number of hydrogen-bond donors (Lipinski definition) is 1. The van der Waals surface area contributed by atoms with Crippen molar-refractivity contribution in [3.05, 3.63) is 34.9 Å². The van der Waals surface area contributed by atoms with Crippen LogP contribution in [-0.4, -0.2) is 0 Å². The van der Waals surface area contributed by atoms with Crippen LogP contribution in [0.4, 0.5) is 8.78 Å². The molecule has 2 N–H and O–H groups in total. The molecule has 3 heteroatoms. The summed E-state index contributed by atoms with van der Waals surface area (Å²) in [5.41, 5.74) is 6.66. The van der Waals surface area contributed by atoms with E-state index in [1.807, 2.05) is 0 Å². The molecule has 1 aromatic rings. The largest absolute Gasteiger partial charge is 0.324 e.